The largest absolute Gasteiger partial charge is 0.321 e. The summed E-state index contributed by atoms with van der Waals surface area (Å²) in [5.41, 5.74) is 2.12. The number of carbonyl (C=O) groups excluding carboxylic acids is 2. The van der Waals surface area contributed by atoms with E-state index in [1.165, 1.54) is 42.1 Å². The molecule has 0 aliphatic rings. The minimum atomic E-state index is -0.562. The van der Waals surface area contributed by atoms with Gasteiger partial charge in [0.25, 0.3) is 17.5 Å². The lowest BCUT2D eigenvalue weighted by Gasteiger charge is -2.12. The van der Waals surface area contributed by atoms with E-state index in [0.29, 0.717) is 28.4 Å². The van der Waals surface area contributed by atoms with Gasteiger partial charge in [0.2, 0.25) is 0 Å². The normalized spacial score (nSPS) is 11.1. The fourth-order valence-corrected chi connectivity index (χ4v) is 4.74. The summed E-state index contributed by atoms with van der Waals surface area (Å²) in [5.74, 6) is 0.113. The molecule has 5 aromatic rings. The van der Waals surface area contributed by atoms with Crippen LogP contribution in [0.1, 0.15) is 21.7 Å². The van der Waals surface area contributed by atoms with Gasteiger partial charge in [-0.25, -0.2) is 0 Å². The van der Waals surface area contributed by atoms with Crippen LogP contribution in [0.5, 0.6) is 0 Å². The zero-order valence-electron chi connectivity index (χ0n) is 22.0. The Hall–Kier alpha value is -5.62. The molecule has 4 aromatic carbocycles. The van der Waals surface area contributed by atoms with Crippen LogP contribution in [-0.2, 0) is 10.5 Å². The minimum Gasteiger partial charge on any atom is -0.321 e. The number of hydrogen-bond donors (Lipinski definition) is 2. The Morgan fingerprint density at radius 1 is 0.905 bits per heavy atom. The van der Waals surface area contributed by atoms with E-state index in [9.17, 15) is 19.7 Å². The highest BCUT2D eigenvalue weighted by atomic mass is 32.2. The predicted octanol–water partition coefficient (Wildman–Crippen LogP) is 5.27. The van der Waals surface area contributed by atoms with Crippen molar-refractivity contribution in [3.05, 3.63) is 142 Å². The van der Waals surface area contributed by atoms with Crippen molar-refractivity contribution in [3.8, 4) is 5.69 Å². The van der Waals surface area contributed by atoms with Crippen LogP contribution in [0.25, 0.3) is 11.8 Å². The van der Waals surface area contributed by atoms with Crippen LogP contribution in [0.3, 0.4) is 0 Å². The van der Waals surface area contributed by atoms with E-state index >= 15 is 0 Å². The summed E-state index contributed by atoms with van der Waals surface area (Å²) < 4.78 is 1.67. The molecule has 1 aromatic heterocycles. The number of rotatable bonds is 10. The number of hydrogen-bond acceptors (Lipinski definition) is 8. The van der Waals surface area contributed by atoms with Crippen LogP contribution < -0.4 is 10.6 Å². The van der Waals surface area contributed by atoms with E-state index < -0.39 is 16.7 Å². The minimum absolute atomic E-state index is 0.0298. The molecule has 11 nitrogen and oxygen atoms in total. The standard InChI is InChI=1S/C30H23N7O4S/c38-29(22-8-3-1-4-9-22)32-27(18-21-14-16-25(17-15-21)37(40)41)30(39)31-23-10-7-13-26(19-23)42-20-28-33-34-35-36(28)24-11-5-2-6-12-24/h1-19H,20H2,(H,31,39)(H,32,38)/b27-18+. The molecule has 0 fully saturated rings. The molecule has 12 heteroatoms. The fourth-order valence-electron chi connectivity index (χ4n) is 3.88. The molecule has 1 heterocycles. The van der Waals surface area contributed by atoms with Gasteiger partial charge >= 0.3 is 0 Å². The first-order valence-electron chi connectivity index (χ1n) is 12.7. The summed E-state index contributed by atoms with van der Waals surface area (Å²) in [4.78, 5) is 37.6. The maximum absolute atomic E-state index is 13.4. The average Bonchev–Trinajstić information content (AvgIpc) is 3.50. The molecule has 2 amide bonds. The number of aromatic nitrogens is 4. The maximum atomic E-state index is 13.4. The first-order chi connectivity index (χ1) is 20.5. The van der Waals surface area contributed by atoms with Crippen LogP contribution in [0.15, 0.2) is 120 Å². The number of carbonyl (C=O) groups is 2. The van der Waals surface area contributed by atoms with Crippen LogP contribution in [0.2, 0.25) is 0 Å². The Morgan fingerprint density at radius 2 is 1.62 bits per heavy atom. The van der Waals surface area contributed by atoms with Crippen molar-refractivity contribution >= 4 is 41.0 Å². The number of non-ortho nitro benzene ring substituents is 1. The lowest BCUT2D eigenvalue weighted by atomic mass is 10.1. The summed E-state index contributed by atoms with van der Waals surface area (Å²) in [6.45, 7) is 0. The number of nitrogens with one attached hydrogen (secondary N) is 2. The van der Waals surface area contributed by atoms with E-state index in [1.807, 2.05) is 42.5 Å². The van der Waals surface area contributed by atoms with E-state index in [0.717, 1.165) is 10.6 Å². The number of anilines is 1. The number of nitrogens with zero attached hydrogens (tertiary/aromatic N) is 5. The van der Waals surface area contributed by atoms with Crippen molar-refractivity contribution in [3.63, 3.8) is 0 Å². The van der Waals surface area contributed by atoms with E-state index in [1.54, 1.807) is 47.1 Å². The van der Waals surface area contributed by atoms with Crippen molar-refractivity contribution in [2.24, 2.45) is 0 Å². The molecule has 0 saturated heterocycles. The summed E-state index contributed by atoms with van der Waals surface area (Å²) in [6.07, 6.45) is 1.46. The lowest BCUT2D eigenvalue weighted by molar-refractivity contribution is -0.384. The molecule has 5 rings (SSSR count). The highest BCUT2D eigenvalue weighted by molar-refractivity contribution is 7.98. The van der Waals surface area contributed by atoms with Crippen LogP contribution in [0.4, 0.5) is 11.4 Å². The van der Waals surface area contributed by atoms with Gasteiger partial charge in [0, 0.05) is 28.3 Å². The van der Waals surface area contributed by atoms with Gasteiger partial charge < -0.3 is 10.6 Å². The van der Waals surface area contributed by atoms with Crippen LogP contribution >= 0.6 is 11.8 Å². The predicted molar refractivity (Wildman–Crippen MR) is 159 cm³/mol. The molecule has 0 aliphatic heterocycles. The zero-order chi connectivity index (χ0) is 29.3. The molecule has 0 radical (unpaired) electrons. The van der Waals surface area contributed by atoms with Gasteiger partial charge in [-0.05, 0) is 76.7 Å². The number of nitro benzene ring substituents is 1. The summed E-state index contributed by atoms with van der Waals surface area (Å²) in [7, 11) is 0. The third-order valence-electron chi connectivity index (χ3n) is 5.94. The highest BCUT2D eigenvalue weighted by Crippen LogP contribution is 2.25. The van der Waals surface area contributed by atoms with Crippen molar-refractivity contribution in [2.75, 3.05) is 5.32 Å². The van der Waals surface area contributed by atoms with Gasteiger partial charge in [0.1, 0.15) is 5.70 Å². The Balaban J connectivity index is 1.32. The Bertz CT molecular complexity index is 1740. The molecule has 0 atom stereocenters. The third kappa shape index (κ3) is 7.11. The highest BCUT2D eigenvalue weighted by Gasteiger charge is 2.16. The molecule has 0 spiro atoms. The number of benzene rings is 4. The number of thioether (sulfide) groups is 1. The maximum Gasteiger partial charge on any atom is 0.272 e. The second-order valence-electron chi connectivity index (χ2n) is 8.84. The van der Waals surface area contributed by atoms with Crippen molar-refractivity contribution in [2.45, 2.75) is 10.6 Å². The Labute approximate surface area is 244 Å². The molecule has 208 valence electrons. The second-order valence-corrected chi connectivity index (χ2v) is 9.89. The molecule has 42 heavy (non-hydrogen) atoms. The van der Waals surface area contributed by atoms with Gasteiger partial charge in [-0.15, -0.1) is 16.9 Å². The van der Waals surface area contributed by atoms with Crippen molar-refractivity contribution < 1.29 is 14.5 Å². The first-order valence-corrected chi connectivity index (χ1v) is 13.6. The number of tetrazole rings is 1. The molecule has 0 saturated carbocycles. The van der Waals surface area contributed by atoms with Crippen LogP contribution in [-0.4, -0.2) is 36.9 Å². The van der Waals surface area contributed by atoms with Crippen molar-refractivity contribution in [1.82, 2.24) is 25.5 Å². The van der Waals surface area contributed by atoms with Crippen LogP contribution in [0, 0.1) is 10.1 Å². The van der Waals surface area contributed by atoms with Gasteiger partial charge in [0.05, 0.1) is 16.4 Å². The number of para-hydroxylation sites is 1. The number of amides is 2. The molecule has 2 N–H and O–H groups in total. The zero-order valence-corrected chi connectivity index (χ0v) is 22.8. The quantitative estimate of drug-likeness (QED) is 0.0988. The monoisotopic (exact) mass is 577 g/mol. The molecule has 0 aliphatic carbocycles. The summed E-state index contributed by atoms with van der Waals surface area (Å²) >= 11 is 1.50. The second kappa shape index (κ2) is 13.2. The molecule has 0 bridgehead atoms. The van der Waals surface area contributed by atoms with Gasteiger partial charge in [-0.2, -0.15) is 4.68 Å². The third-order valence-corrected chi connectivity index (χ3v) is 6.93. The van der Waals surface area contributed by atoms with E-state index in [2.05, 4.69) is 26.2 Å². The van der Waals surface area contributed by atoms with Crippen molar-refractivity contribution in [1.29, 1.82) is 0 Å². The topological polar surface area (TPSA) is 145 Å². The average molecular weight is 578 g/mol. The lowest BCUT2D eigenvalue weighted by Crippen LogP contribution is -2.30. The smallest absolute Gasteiger partial charge is 0.272 e. The Morgan fingerprint density at radius 3 is 2.33 bits per heavy atom. The first kappa shape index (κ1) is 27.9. The van der Waals surface area contributed by atoms with E-state index in [-0.39, 0.29) is 11.4 Å². The fraction of sp³-hybridized carbons (Fsp3) is 0.0333. The van der Waals surface area contributed by atoms with Gasteiger partial charge in [0.15, 0.2) is 5.82 Å². The number of nitro groups is 1. The molecular formula is C30H23N7O4S. The molecular weight excluding hydrogens is 554 g/mol. The van der Waals surface area contributed by atoms with Gasteiger partial charge in [-0.3, -0.25) is 19.7 Å². The van der Waals surface area contributed by atoms with Gasteiger partial charge in [-0.1, -0.05) is 42.5 Å². The SMILES string of the molecule is O=C(Nc1cccc(SCc2nnnn2-c2ccccc2)c1)/C(=C\c1ccc([N+](=O)[O-])cc1)NC(=O)c1ccccc1. The molecule has 0 unspecified atom stereocenters. The Kier molecular flexibility index (Phi) is 8.75. The summed E-state index contributed by atoms with van der Waals surface area (Å²) in [5, 5.41) is 28.5. The van der Waals surface area contributed by atoms with E-state index in [4.69, 9.17) is 0 Å². The summed E-state index contributed by atoms with van der Waals surface area (Å²) in [6, 6.07) is 31.0.